The molecule has 1 aromatic rings. The van der Waals surface area contributed by atoms with Gasteiger partial charge < -0.3 is 5.73 Å². The van der Waals surface area contributed by atoms with E-state index in [0.29, 0.717) is 18.7 Å². The molecule has 0 heterocycles. The van der Waals surface area contributed by atoms with Gasteiger partial charge in [-0.1, -0.05) is 37.3 Å². The lowest BCUT2D eigenvalue weighted by Gasteiger charge is -2.09. The van der Waals surface area contributed by atoms with Gasteiger partial charge in [0.05, 0.1) is 0 Å². The molecule has 2 heteroatoms. The van der Waals surface area contributed by atoms with Crippen molar-refractivity contribution in [2.45, 2.75) is 32.6 Å². The number of aryl methyl sites for hydroxylation is 1. The van der Waals surface area contributed by atoms with Crippen LogP contribution in [0, 0.1) is 5.92 Å². The minimum atomic E-state index is 0.160. The monoisotopic (exact) mass is 219 g/mol. The minimum absolute atomic E-state index is 0.160. The number of ketones is 1. The summed E-state index contributed by atoms with van der Waals surface area (Å²) >= 11 is 0. The summed E-state index contributed by atoms with van der Waals surface area (Å²) in [5.74, 6) is 0.518. The third kappa shape index (κ3) is 4.58. The van der Waals surface area contributed by atoms with E-state index in [1.165, 1.54) is 5.56 Å². The lowest BCUT2D eigenvalue weighted by atomic mass is 9.96. The molecular weight excluding hydrogens is 198 g/mol. The lowest BCUT2D eigenvalue weighted by molar-refractivity contribution is -0.122. The van der Waals surface area contributed by atoms with Crippen LogP contribution in [0.5, 0.6) is 0 Å². The normalized spacial score (nSPS) is 12.4. The molecule has 1 unspecified atom stereocenters. The quantitative estimate of drug-likeness (QED) is 0.766. The van der Waals surface area contributed by atoms with E-state index in [9.17, 15) is 4.79 Å². The van der Waals surface area contributed by atoms with E-state index in [0.717, 1.165) is 19.3 Å². The average molecular weight is 219 g/mol. The Labute approximate surface area is 97.9 Å². The van der Waals surface area contributed by atoms with Crippen molar-refractivity contribution >= 4 is 5.78 Å². The Kier molecular flexibility index (Phi) is 5.79. The molecule has 0 aromatic heterocycles. The zero-order chi connectivity index (χ0) is 11.8. The van der Waals surface area contributed by atoms with Crippen LogP contribution in [-0.2, 0) is 11.2 Å². The van der Waals surface area contributed by atoms with Crippen molar-refractivity contribution in [3.63, 3.8) is 0 Å². The molecule has 2 nitrogen and oxygen atoms in total. The number of rotatable bonds is 7. The highest BCUT2D eigenvalue weighted by molar-refractivity contribution is 5.80. The molecule has 88 valence electrons. The predicted molar refractivity (Wildman–Crippen MR) is 67.2 cm³/mol. The molecule has 0 aliphatic rings. The number of hydrogen-bond donors (Lipinski definition) is 1. The highest BCUT2D eigenvalue weighted by Gasteiger charge is 2.11. The summed E-state index contributed by atoms with van der Waals surface area (Å²) in [6, 6.07) is 10.2. The maximum absolute atomic E-state index is 11.8. The van der Waals surface area contributed by atoms with Gasteiger partial charge in [0.15, 0.2) is 0 Å². The maximum Gasteiger partial charge on any atom is 0.136 e. The predicted octanol–water partition coefficient (Wildman–Crippen LogP) is 2.56. The summed E-state index contributed by atoms with van der Waals surface area (Å²) in [5, 5.41) is 0. The number of Topliss-reactive ketones (excluding diaryl/α,β-unsaturated/α-hetero) is 1. The zero-order valence-corrected chi connectivity index (χ0v) is 9.99. The van der Waals surface area contributed by atoms with Crippen LogP contribution < -0.4 is 5.73 Å². The molecule has 2 N–H and O–H groups in total. The number of carbonyl (C=O) groups excluding carboxylic acids is 1. The third-order valence-electron chi connectivity index (χ3n) is 2.89. The van der Waals surface area contributed by atoms with Crippen LogP contribution in [0.3, 0.4) is 0 Å². The second-order valence-electron chi connectivity index (χ2n) is 4.28. The standard InChI is InChI=1S/C14H21NO/c1-12(6-5-11-15)14(16)10-9-13-7-3-2-4-8-13/h2-4,7-8,12H,5-6,9-11,15H2,1H3. The molecule has 0 saturated carbocycles. The fourth-order valence-electron chi connectivity index (χ4n) is 1.74. The lowest BCUT2D eigenvalue weighted by Crippen LogP contribution is -2.13. The van der Waals surface area contributed by atoms with E-state index >= 15 is 0 Å². The van der Waals surface area contributed by atoms with Crippen LogP contribution in [0.4, 0.5) is 0 Å². The summed E-state index contributed by atoms with van der Waals surface area (Å²) in [6.07, 6.45) is 3.37. The van der Waals surface area contributed by atoms with Crippen LogP contribution in [0.1, 0.15) is 31.7 Å². The molecule has 0 spiro atoms. The molecule has 1 atom stereocenters. The molecule has 0 fully saturated rings. The fourth-order valence-corrected chi connectivity index (χ4v) is 1.74. The van der Waals surface area contributed by atoms with Crippen molar-refractivity contribution < 1.29 is 4.79 Å². The summed E-state index contributed by atoms with van der Waals surface area (Å²) < 4.78 is 0. The van der Waals surface area contributed by atoms with Crippen molar-refractivity contribution in [1.82, 2.24) is 0 Å². The molecule has 16 heavy (non-hydrogen) atoms. The molecule has 0 radical (unpaired) electrons. The summed E-state index contributed by atoms with van der Waals surface area (Å²) in [5.41, 5.74) is 6.67. The third-order valence-corrected chi connectivity index (χ3v) is 2.89. The molecule has 0 saturated heterocycles. The zero-order valence-electron chi connectivity index (χ0n) is 9.99. The molecule has 0 bridgehead atoms. The summed E-state index contributed by atoms with van der Waals surface area (Å²) in [4.78, 5) is 11.8. The van der Waals surface area contributed by atoms with Crippen molar-refractivity contribution in [1.29, 1.82) is 0 Å². The molecule has 0 aliphatic heterocycles. The number of nitrogens with two attached hydrogens (primary N) is 1. The van der Waals surface area contributed by atoms with Crippen molar-refractivity contribution in [3.8, 4) is 0 Å². The Morgan fingerprint density at radius 2 is 2.00 bits per heavy atom. The van der Waals surface area contributed by atoms with E-state index in [2.05, 4.69) is 12.1 Å². The average Bonchev–Trinajstić information content (AvgIpc) is 2.34. The van der Waals surface area contributed by atoms with Crippen molar-refractivity contribution in [3.05, 3.63) is 35.9 Å². The first-order valence-electron chi connectivity index (χ1n) is 6.00. The first kappa shape index (κ1) is 12.9. The van der Waals surface area contributed by atoms with Crippen LogP contribution in [0.25, 0.3) is 0 Å². The van der Waals surface area contributed by atoms with Gasteiger partial charge in [-0.25, -0.2) is 0 Å². The number of benzene rings is 1. The molecule has 0 aliphatic carbocycles. The van der Waals surface area contributed by atoms with Crippen LogP contribution >= 0.6 is 0 Å². The van der Waals surface area contributed by atoms with Crippen LogP contribution in [-0.4, -0.2) is 12.3 Å². The Bertz CT molecular complexity index is 308. The Hall–Kier alpha value is -1.15. The summed E-state index contributed by atoms with van der Waals surface area (Å²) in [7, 11) is 0. The second kappa shape index (κ2) is 7.18. The topological polar surface area (TPSA) is 43.1 Å². The van der Waals surface area contributed by atoms with E-state index in [1.807, 2.05) is 25.1 Å². The second-order valence-corrected chi connectivity index (χ2v) is 4.28. The summed E-state index contributed by atoms with van der Waals surface area (Å²) in [6.45, 7) is 2.68. The Balaban J connectivity index is 2.29. The molecule has 0 amide bonds. The maximum atomic E-state index is 11.8. The van der Waals surface area contributed by atoms with Gasteiger partial charge in [0, 0.05) is 12.3 Å². The van der Waals surface area contributed by atoms with Gasteiger partial charge in [-0.15, -0.1) is 0 Å². The van der Waals surface area contributed by atoms with Gasteiger partial charge in [0.2, 0.25) is 0 Å². The van der Waals surface area contributed by atoms with Crippen LogP contribution in [0.15, 0.2) is 30.3 Å². The first-order valence-corrected chi connectivity index (χ1v) is 6.00. The largest absolute Gasteiger partial charge is 0.330 e. The van der Waals surface area contributed by atoms with Gasteiger partial charge >= 0.3 is 0 Å². The smallest absolute Gasteiger partial charge is 0.136 e. The van der Waals surface area contributed by atoms with E-state index in [1.54, 1.807) is 0 Å². The van der Waals surface area contributed by atoms with Crippen LogP contribution in [0.2, 0.25) is 0 Å². The van der Waals surface area contributed by atoms with E-state index in [4.69, 9.17) is 5.73 Å². The number of hydrogen-bond acceptors (Lipinski definition) is 2. The highest BCUT2D eigenvalue weighted by Crippen LogP contribution is 2.11. The Morgan fingerprint density at radius 3 is 2.62 bits per heavy atom. The minimum Gasteiger partial charge on any atom is -0.330 e. The van der Waals surface area contributed by atoms with Gasteiger partial charge in [-0.05, 0) is 31.4 Å². The van der Waals surface area contributed by atoms with Crippen molar-refractivity contribution in [2.24, 2.45) is 11.7 Å². The van der Waals surface area contributed by atoms with Gasteiger partial charge in [0.25, 0.3) is 0 Å². The van der Waals surface area contributed by atoms with Gasteiger partial charge in [-0.3, -0.25) is 4.79 Å². The molecular formula is C14H21NO. The first-order chi connectivity index (χ1) is 7.74. The molecule has 1 aromatic carbocycles. The number of carbonyl (C=O) groups is 1. The van der Waals surface area contributed by atoms with Crippen molar-refractivity contribution in [2.75, 3.05) is 6.54 Å². The van der Waals surface area contributed by atoms with E-state index in [-0.39, 0.29) is 5.92 Å². The molecule has 1 rings (SSSR count). The van der Waals surface area contributed by atoms with Gasteiger partial charge in [0.1, 0.15) is 5.78 Å². The Morgan fingerprint density at radius 1 is 1.31 bits per heavy atom. The van der Waals surface area contributed by atoms with E-state index < -0.39 is 0 Å². The highest BCUT2D eigenvalue weighted by atomic mass is 16.1. The fraction of sp³-hybridized carbons (Fsp3) is 0.500. The van der Waals surface area contributed by atoms with Gasteiger partial charge in [-0.2, -0.15) is 0 Å². The SMILES string of the molecule is CC(CCCN)C(=O)CCc1ccccc1.